The number of aryl methyl sites for hydroxylation is 2. The van der Waals surface area contributed by atoms with Gasteiger partial charge in [-0.1, -0.05) is 5.16 Å². The largest absolute Gasteiger partial charge is 0.406 e. The number of aromatic nitrogens is 1. The van der Waals surface area contributed by atoms with Crippen molar-refractivity contribution < 1.29 is 27.3 Å². The molecule has 6 nitrogen and oxygen atoms in total. The van der Waals surface area contributed by atoms with Crippen LogP contribution in [0.5, 0.6) is 0 Å². The first-order chi connectivity index (χ1) is 10.2. The Morgan fingerprint density at radius 2 is 2.14 bits per heavy atom. The fraction of sp³-hybridized carbons (Fsp3) is 0.615. The third-order valence-electron chi connectivity index (χ3n) is 3.58. The molecule has 1 saturated heterocycles. The maximum absolute atomic E-state index is 12.3. The van der Waals surface area contributed by atoms with E-state index < -0.39 is 30.5 Å². The van der Waals surface area contributed by atoms with Gasteiger partial charge in [0.1, 0.15) is 12.3 Å². The molecule has 0 aromatic carbocycles. The zero-order chi connectivity index (χ0) is 16.5. The minimum Gasteiger partial charge on any atom is -0.361 e. The van der Waals surface area contributed by atoms with Crippen LogP contribution in [-0.4, -0.2) is 41.1 Å². The fourth-order valence-electron chi connectivity index (χ4n) is 2.39. The molecule has 2 rings (SSSR count). The number of halogens is 3. The zero-order valence-corrected chi connectivity index (χ0v) is 12.2. The molecule has 2 amide bonds. The lowest BCUT2D eigenvalue weighted by Gasteiger charge is -2.18. The summed E-state index contributed by atoms with van der Waals surface area (Å²) in [5, 5.41) is 6.36. The van der Waals surface area contributed by atoms with Gasteiger partial charge in [-0.3, -0.25) is 9.59 Å². The van der Waals surface area contributed by atoms with E-state index in [0.717, 1.165) is 5.56 Å². The minimum atomic E-state index is -4.46. The number of rotatable bonds is 4. The molecular weight excluding hydrogens is 303 g/mol. The average molecular weight is 319 g/mol. The van der Waals surface area contributed by atoms with Crippen LogP contribution in [0.3, 0.4) is 0 Å². The lowest BCUT2D eigenvalue weighted by molar-refractivity contribution is -0.157. The fourth-order valence-corrected chi connectivity index (χ4v) is 2.39. The maximum Gasteiger partial charge on any atom is 0.406 e. The normalized spacial score (nSPS) is 18.9. The molecule has 1 atom stereocenters. The summed E-state index contributed by atoms with van der Waals surface area (Å²) in [6.45, 7) is 2.06. The van der Waals surface area contributed by atoms with Gasteiger partial charge in [-0.15, -0.1) is 0 Å². The molecule has 1 aromatic rings. The Labute approximate surface area is 124 Å². The highest BCUT2D eigenvalue weighted by atomic mass is 19.4. The van der Waals surface area contributed by atoms with Crippen LogP contribution in [-0.2, 0) is 16.1 Å². The number of nitrogens with zero attached hydrogens (tertiary/aromatic N) is 2. The number of hydrogen-bond acceptors (Lipinski definition) is 4. The van der Waals surface area contributed by atoms with E-state index in [-0.39, 0.29) is 19.5 Å². The topological polar surface area (TPSA) is 75.4 Å². The van der Waals surface area contributed by atoms with Crippen molar-refractivity contribution in [2.45, 2.75) is 33.0 Å². The summed E-state index contributed by atoms with van der Waals surface area (Å²) >= 11 is 0. The van der Waals surface area contributed by atoms with Crippen molar-refractivity contribution >= 4 is 11.8 Å². The summed E-state index contributed by atoms with van der Waals surface area (Å²) in [4.78, 5) is 24.2. The summed E-state index contributed by atoms with van der Waals surface area (Å²) in [5.74, 6) is -1.30. The van der Waals surface area contributed by atoms with Gasteiger partial charge in [0.25, 0.3) is 0 Å². The second-order valence-electron chi connectivity index (χ2n) is 5.31. The predicted molar refractivity (Wildman–Crippen MR) is 68.6 cm³/mol. The van der Waals surface area contributed by atoms with Gasteiger partial charge in [0, 0.05) is 25.1 Å². The summed E-state index contributed by atoms with van der Waals surface area (Å²) in [6, 6.07) is 0. The van der Waals surface area contributed by atoms with Crippen molar-refractivity contribution in [3.63, 3.8) is 0 Å². The average Bonchev–Trinajstić information content (AvgIpc) is 2.90. The first kappa shape index (κ1) is 16.3. The van der Waals surface area contributed by atoms with E-state index >= 15 is 0 Å². The van der Waals surface area contributed by atoms with Crippen LogP contribution in [0, 0.1) is 19.8 Å². The third kappa shape index (κ3) is 3.77. The van der Waals surface area contributed by atoms with E-state index in [1.54, 1.807) is 13.8 Å². The van der Waals surface area contributed by atoms with Gasteiger partial charge in [0.15, 0.2) is 0 Å². The lowest BCUT2D eigenvalue weighted by atomic mass is 10.1. The van der Waals surface area contributed by atoms with E-state index in [0.29, 0.717) is 16.4 Å². The Kier molecular flexibility index (Phi) is 4.43. The highest BCUT2D eigenvalue weighted by molar-refractivity contribution is 5.89. The molecule has 22 heavy (non-hydrogen) atoms. The molecule has 0 aliphatic carbocycles. The number of hydrogen-bond donors (Lipinski definition) is 1. The molecule has 0 spiro atoms. The maximum atomic E-state index is 12.3. The molecule has 1 aromatic heterocycles. The molecular formula is C13H16F3N3O3. The number of likely N-dealkylation sites (tertiary alicyclic amines) is 1. The molecule has 0 bridgehead atoms. The SMILES string of the molecule is Cc1noc(C)c1CNC(=O)C1CC(=O)N(CC(F)(F)F)C1. The van der Waals surface area contributed by atoms with Gasteiger partial charge in [0.05, 0.1) is 11.6 Å². The number of carbonyl (C=O) groups is 2. The molecule has 1 fully saturated rings. The van der Waals surface area contributed by atoms with Gasteiger partial charge in [-0.25, -0.2) is 0 Å². The second-order valence-corrected chi connectivity index (χ2v) is 5.31. The van der Waals surface area contributed by atoms with Crippen molar-refractivity contribution in [1.29, 1.82) is 0 Å². The second kappa shape index (κ2) is 5.98. The molecule has 1 aliphatic rings. The van der Waals surface area contributed by atoms with Crippen LogP contribution in [0.4, 0.5) is 13.2 Å². The van der Waals surface area contributed by atoms with E-state index in [1.165, 1.54) is 0 Å². The lowest BCUT2D eigenvalue weighted by Crippen LogP contribution is -2.37. The van der Waals surface area contributed by atoms with Crippen molar-refractivity contribution in [2.75, 3.05) is 13.1 Å². The summed E-state index contributed by atoms with van der Waals surface area (Å²) in [5.41, 5.74) is 1.36. The molecule has 1 aliphatic heterocycles. The van der Waals surface area contributed by atoms with Crippen molar-refractivity contribution in [1.82, 2.24) is 15.4 Å². The van der Waals surface area contributed by atoms with Crippen LogP contribution in [0.15, 0.2) is 4.52 Å². The minimum absolute atomic E-state index is 0.171. The number of nitrogens with one attached hydrogen (secondary N) is 1. The van der Waals surface area contributed by atoms with E-state index in [1.807, 2.05) is 0 Å². The molecule has 0 radical (unpaired) electrons. The van der Waals surface area contributed by atoms with Crippen molar-refractivity contribution in [2.24, 2.45) is 5.92 Å². The Balaban J connectivity index is 1.90. The van der Waals surface area contributed by atoms with Crippen LogP contribution in [0.1, 0.15) is 23.4 Å². The van der Waals surface area contributed by atoms with Crippen LogP contribution in [0.2, 0.25) is 0 Å². The van der Waals surface area contributed by atoms with Crippen molar-refractivity contribution in [3.8, 4) is 0 Å². The predicted octanol–water partition coefficient (Wildman–Crippen LogP) is 1.32. The molecule has 9 heteroatoms. The number of alkyl halides is 3. The van der Waals surface area contributed by atoms with Crippen LogP contribution in [0.25, 0.3) is 0 Å². The van der Waals surface area contributed by atoms with Gasteiger partial charge < -0.3 is 14.7 Å². The Hall–Kier alpha value is -2.06. The van der Waals surface area contributed by atoms with Gasteiger partial charge in [0.2, 0.25) is 11.8 Å². The van der Waals surface area contributed by atoms with Gasteiger partial charge >= 0.3 is 6.18 Å². The molecule has 2 heterocycles. The number of carbonyl (C=O) groups excluding carboxylic acids is 2. The first-order valence-corrected chi connectivity index (χ1v) is 6.71. The summed E-state index contributed by atoms with van der Waals surface area (Å²) in [7, 11) is 0. The third-order valence-corrected chi connectivity index (χ3v) is 3.58. The van der Waals surface area contributed by atoms with Gasteiger partial charge in [-0.2, -0.15) is 13.2 Å². The monoisotopic (exact) mass is 319 g/mol. The summed E-state index contributed by atoms with van der Waals surface area (Å²) < 4.78 is 41.9. The zero-order valence-electron chi connectivity index (χ0n) is 12.2. The molecule has 0 saturated carbocycles. The van der Waals surface area contributed by atoms with E-state index in [4.69, 9.17) is 4.52 Å². The van der Waals surface area contributed by atoms with Gasteiger partial charge in [-0.05, 0) is 13.8 Å². The molecule has 122 valence electrons. The quantitative estimate of drug-likeness (QED) is 0.908. The Bertz CT molecular complexity index is 563. The van der Waals surface area contributed by atoms with E-state index in [2.05, 4.69) is 10.5 Å². The smallest absolute Gasteiger partial charge is 0.361 e. The highest BCUT2D eigenvalue weighted by Crippen LogP contribution is 2.24. The number of amides is 2. The Morgan fingerprint density at radius 1 is 1.45 bits per heavy atom. The van der Waals surface area contributed by atoms with Crippen LogP contribution < -0.4 is 5.32 Å². The standard InChI is InChI=1S/C13H16F3N3O3/c1-7-10(8(2)22-18-7)4-17-12(21)9-3-11(20)19(5-9)6-13(14,15)16/h9H,3-6H2,1-2H3,(H,17,21). The first-order valence-electron chi connectivity index (χ1n) is 6.71. The summed E-state index contributed by atoms with van der Waals surface area (Å²) in [6.07, 6.45) is -4.67. The van der Waals surface area contributed by atoms with Crippen LogP contribution >= 0.6 is 0 Å². The highest BCUT2D eigenvalue weighted by Gasteiger charge is 2.40. The molecule has 1 N–H and O–H groups in total. The van der Waals surface area contributed by atoms with Crippen molar-refractivity contribution in [3.05, 3.63) is 17.0 Å². The molecule has 1 unspecified atom stereocenters. The Morgan fingerprint density at radius 3 is 2.68 bits per heavy atom. The van der Waals surface area contributed by atoms with E-state index in [9.17, 15) is 22.8 Å².